The van der Waals surface area contributed by atoms with Gasteiger partial charge < -0.3 is 15.1 Å². The summed E-state index contributed by atoms with van der Waals surface area (Å²) in [6.07, 6.45) is 2.12. The average Bonchev–Trinajstić information content (AvgIpc) is 2.47. The second-order valence-electron chi connectivity index (χ2n) is 5.51. The van der Waals surface area contributed by atoms with Gasteiger partial charge in [0.05, 0.1) is 0 Å². The van der Waals surface area contributed by atoms with Crippen molar-refractivity contribution in [3.63, 3.8) is 0 Å². The number of carbonyl (C=O) groups excluding carboxylic acids is 1. The fourth-order valence-corrected chi connectivity index (χ4v) is 2.74. The van der Waals surface area contributed by atoms with Crippen LogP contribution in [-0.2, 0) is 4.79 Å². The fourth-order valence-electron chi connectivity index (χ4n) is 2.74. The number of amides is 1. The molecule has 1 unspecified atom stereocenters. The molecular formula is C14H25N3O. The predicted octanol–water partition coefficient (Wildman–Crippen LogP) is 0.849. The van der Waals surface area contributed by atoms with Crippen molar-refractivity contribution in [1.82, 2.24) is 15.1 Å². The number of nitrogens with one attached hydrogen (secondary N) is 1. The van der Waals surface area contributed by atoms with Crippen molar-refractivity contribution < 1.29 is 4.79 Å². The lowest BCUT2D eigenvalue weighted by molar-refractivity contribution is -0.129. The van der Waals surface area contributed by atoms with Crippen LogP contribution in [0.3, 0.4) is 0 Å². The summed E-state index contributed by atoms with van der Waals surface area (Å²) in [5, 5.41) is 3.21. The van der Waals surface area contributed by atoms with E-state index in [2.05, 4.69) is 29.1 Å². The van der Waals surface area contributed by atoms with Gasteiger partial charge in [-0.25, -0.2) is 0 Å². The van der Waals surface area contributed by atoms with E-state index in [1.165, 1.54) is 5.57 Å². The second kappa shape index (κ2) is 5.85. The van der Waals surface area contributed by atoms with E-state index in [1.54, 1.807) is 0 Å². The Hall–Kier alpha value is -0.870. The monoisotopic (exact) mass is 251 g/mol. The normalized spacial score (nSPS) is 25.6. The predicted molar refractivity (Wildman–Crippen MR) is 73.5 cm³/mol. The Balaban J connectivity index is 2.11. The number of carbonyl (C=O) groups is 1. The van der Waals surface area contributed by atoms with Gasteiger partial charge in [-0.05, 0) is 38.9 Å². The fraction of sp³-hybridized carbons (Fsp3) is 0.786. The first-order valence-electron chi connectivity index (χ1n) is 7.02. The van der Waals surface area contributed by atoms with Crippen LogP contribution < -0.4 is 5.32 Å². The van der Waals surface area contributed by atoms with Crippen molar-refractivity contribution in [1.29, 1.82) is 0 Å². The highest BCUT2D eigenvalue weighted by Crippen LogP contribution is 2.18. The van der Waals surface area contributed by atoms with Gasteiger partial charge in [-0.3, -0.25) is 4.79 Å². The molecule has 2 saturated heterocycles. The molecule has 0 radical (unpaired) electrons. The van der Waals surface area contributed by atoms with Gasteiger partial charge in [0.25, 0.3) is 0 Å². The Morgan fingerprint density at radius 1 is 1.39 bits per heavy atom. The first-order chi connectivity index (χ1) is 8.63. The van der Waals surface area contributed by atoms with E-state index in [4.69, 9.17) is 0 Å². The van der Waals surface area contributed by atoms with E-state index in [0.717, 1.165) is 51.1 Å². The van der Waals surface area contributed by atoms with Gasteiger partial charge >= 0.3 is 0 Å². The first-order valence-corrected chi connectivity index (χ1v) is 7.02. The lowest BCUT2D eigenvalue weighted by Gasteiger charge is -2.32. The van der Waals surface area contributed by atoms with Crippen LogP contribution in [-0.4, -0.2) is 61.5 Å². The summed E-state index contributed by atoms with van der Waals surface area (Å²) in [7, 11) is 2.15. The van der Waals surface area contributed by atoms with Gasteiger partial charge in [0.1, 0.15) is 0 Å². The van der Waals surface area contributed by atoms with Gasteiger partial charge in [-0.1, -0.05) is 6.92 Å². The third-order valence-electron chi connectivity index (χ3n) is 4.16. The van der Waals surface area contributed by atoms with Crippen LogP contribution in [0.4, 0.5) is 0 Å². The molecule has 0 aromatic rings. The summed E-state index contributed by atoms with van der Waals surface area (Å²) in [5.41, 5.74) is 2.25. The summed E-state index contributed by atoms with van der Waals surface area (Å²) in [5.74, 6) is 0.258. The molecule has 1 amide bonds. The molecule has 4 heteroatoms. The number of nitrogens with zero attached hydrogens (tertiary/aromatic N) is 2. The number of hydrogen-bond acceptors (Lipinski definition) is 3. The molecule has 0 spiro atoms. The summed E-state index contributed by atoms with van der Waals surface area (Å²) >= 11 is 0. The Labute approximate surface area is 110 Å². The number of rotatable bonds is 2. The van der Waals surface area contributed by atoms with Crippen molar-refractivity contribution in [2.45, 2.75) is 32.7 Å². The third kappa shape index (κ3) is 2.75. The van der Waals surface area contributed by atoms with Gasteiger partial charge in [0.2, 0.25) is 5.91 Å². The molecule has 0 aromatic carbocycles. The molecule has 0 aromatic heterocycles. The van der Waals surface area contributed by atoms with Crippen LogP contribution in [0.1, 0.15) is 26.7 Å². The summed E-state index contributed by atoms with van der Waals surface area (Å²) < 4.78 is 0. The Morgan fingerprint density at radius 2 is 2.11 bits per heavy atom. The minimum atomic E-state index is 0.258. The van der Waals surface area contributed by atoms with Crippen LogP contribution in [0.15, 0.2) is 11.1 Å². The number of likely N-dealkylation sites (N-methyl/N-ethyl adjacent to an activating group) is 1. The highest BCUT2D eigenvalue weighted by Gasteiger charge is 2.28. The lowest BCUT2D eigenvalue weighted by atomic mass is 10.0. The third-order valence-corrected chi connectivity index (χ3v) is 4.16. The molecule has 1 atom stereocenters. The van der Waals surface area contributed by atoms with Crippen LogP contribution >= 0.6 is 0 Å². The minimum Gasteiger partial charge on any atom is -0.335 e. The van der Waals surface area contributed by atoms with E-state index < -0.39 is 0 Å². The molecule has 0 bridgehead atoms. The van der Waals surface area contributed by atoms with E-state index in [9.17, 15) is 4.79 Å². The van der Waals surface area contributed by atoms with Gasteiger partial charge in [-0.15, -0.1) is 0 Å². The standard InChI is InChI=1S/C14H25N3O/c1-4-13-10-16(3)6-5-7-17(13)14(18)11(2)12-8-15-9-12/h13,15H,4-10H2,1-3H3. The van der Waals surface area contributed by atoms with Crippen LogP contribution in [0, 0.1) is 0 Å². The first kappa shape index (κ1) is 13.6. The van der Waals surface area contributed by atoms with Crippen LogP contribution in [0.2, 0.25) is 0 Å². The maximum absolute atomic E-state index is 12.6. The Kier molecular flexibility index (Phi) is 4.40. The quantitative estimate of drug-likeness (QED) is 0.739. The lowest BCUT2D eigenvalue weighted by Crippen LogP contribution is -2.45. The highest BCUT2D eigenvalue weighted by molar-refractivity contribution is 5.94. The van der Waals surface area contributed by atoms with Crippen molar-refractivity contribution in [2.24, 2.45) is 0 Å². The number of hydrogen-bond donors (Lipinski definition) is 1. The molecule has 18 heavy (non-hydrogen) atoms. The molecule has 0 saturated carbocycles. The molecule has 102 valence electrons. The topological polar surface area (TPSA) is 35.6 Å². The van der Waals surface area contributed by atoms with Crippen molar-refractivity contribution in [2.75, 3.05) is 39.8 Å². The Morgan fingerprint density at radius 3 is 2.67 bits per heavy atom. The molecule has 2 aliphatic heterocycles. The molecule has 0 aliphatic carbocycles. The summed E-state index contributed by atoms with van der Waals surface area (Å²) in [6, 6.07) is 0.369. The van der Waals surface area contributed by atoms with Gasteiger partial charge in [-0.2, -0.15) is 0 Å². The molecule has 1 N–H and O–H groups in total. The molecule has 2 rings (SSSR count). The zero-order valence-electron chi connectivity index (χ0n) is 11.8. The van der Waals surface area contributed by atoms with Crippen LogP contribution in [0.25, 0.3) is 0 Å². The van der Waals surface area contributed by atoms with Crippen LogP contribution in [0.5, 0.6) is 0 Å². The zero-order valence-corrected chi connectivity index (χ0v) is 11.8. The smallest absolute Gasteiger partial charge is 0.249 e. The van der Waals surface area contributed by atoms with Crippen molar-refractivity contribution >= 4 is 5.91 Å². The van der Waals surface area contributed by atoms with Gasteiger partial charge in [0, 0.05) is 37.8 Å². The maximum Gasteiger partial charge on any atom is 0.249 e. The van der Waals surface area contributed by atoms with Crippen molar-refractivity contribution in [3.8, 4) is 0 Å². The average molecular weight is 251 g/mol. The van der Waals surface area contributed by atoms with Gasteiger partial charge in [0.15, 0.2) is 0 Å². The maximum atomic E-state index is 12.6. The summed E-state index contributed by atoms with van der Waals surface area (Å²) in [4.78, 5) is 17.0. The van der Waals surface area contributed by atoms with E-state index in [0.29, 0.717) is 6.04 Å². The highest BCUT2D eigenvalue weighted by atomic mass is 16.2. The molecule has 2 heterocycles. The summed E-state index contributed by atoms with van der Waals surface area (Å²) in [6.45, 7) is 8.95. The Bertz CT molecular complexity index is 345. The largest absolute Gasteiger partial charge is 0.335 e. The second-order valence-corrected chi connectivity index (χ2v) is 5.51. The zero-order chi connectivity index (χ0) is 13.1. The molecular weight excluding hydrogens is 226 g/mol. The minimum absolute atomic E-state index is 0.258. The molecule has 4 nitrogen and oxygen atoms in total. The van der Waals surface area contributed by atoms with E-state index in [-0.39, 0.29) is 5.91 Å². The van der Waals surface area contributed by atoms with E-state index >= 15 is 0 Å². The molecule has 2 aliphatic rings. The SMILES string of the molecule is CCC1CN(C)CCCN1C(=O)C(C)=C1CNC1. The van der Waals surface area contributed by atoms with E-state index in [1.807, 2.05) is 6.92 Å². The molecule has 2 fully saturated rings. The van der Waals surface area contributed by atoms with Crippen molar-refractivity contribution in [3.05, 3.63) is 11.1 Å².